The molecule has 2 aromatic heterocycles. The number of likely N-dealkylation sites (tertiary alicyclic amines) is 1. The van der Waals surface area contributed by atoms with Crippen LogP contribution in [0.25, 0.3) is 44.2 Å². The van der Waals surface area contributed by atoms with Crippen LogP contribution in [0.3, 0.4) is 0 Å². The lowest BCUT2D eigenvalue weighted by Gasteiger charge is -2.32. The normalized spacial score (nSPS) is 16.9. The van der Waals surface area contributed by atoms with Crippen molar-refractivity contribution >= 4 is 27.5 Å². The zero-order valence-corrected chi connectivity index (χ0v) is 23.9. The van der Waals surface area contributed by atoms with Crippen molar-refractivity contribution in [3.63, 3.8) is 0 Å². The Kier molecular flexibility index (Phi) is 7.01. The molecule has 6 heteroatoms. The smallest absolute Gasteiger partial charge is 0.130 e. The Balaban J connectivity index is 1.27. The lowest BCUT2D eigenvalue weighted by atomic mass is 9.99. The van der Waals surface area contributed by atoms with E-state index in [1.54, 1.807) is 6.33 Å². The van der Waals surface area contributed by atoms with Crippen LogP contribution in [0.5, 0.6) is 0 Å². The van der Waals surface area contributed by atoms with Crippen molar-refractivity contribution in [3.8, 4) is 22.4 Å². The predicted octanol–water partition coefficient (Wildman–Crippen LogP) is 8.32. The molecule has 204 valence electrons. The molecule has 2 N–H and O–H groups in total. The molecule has 0 bridgehead atoms. The quantitative estimate of drug-likeness (QED) is 0.198. The van der Waals surface area contributed by atoms with Gasteiger partial charge in [0.25, 0.3) is 0 Å². The first-order valence-electron chi connectivity index (χ1n) is 14.4. The maximum atomic E-state index is 5.05. The lowest BCUT2D eigenvalue weighted by Crippen LogP contribution is -2.32. The molecule has 0 radical (unpaired) electrons. The molecule has 0 aliphatic carbocycles. The number of nitrogens with one attached hydrogen (secondary N) is 2. The molecule has 3 aromatic carbocycles. The fourth-order valence-corrected chi connectivity index (χ4v) is 5.88. The van der Waals surface area contributed by atoms with Crippen molar-refractivity contribution in [1.82, 2.24) is 24.8 Å². The van der Waals surface area contributed by atoms with Gasteiger partial charge in [0.1, 0.15) is 5.82 Å². The Morgan fingerprint density at radius 1 is 1.05 bits per heavy atom. The van der Waals surface area contributed by atoms with Gasteiger partial charge in [-0.25, -0.2) is 9.97 Å². The van der Waals surface area contributed by atoms with Crippen molar-refractivity contribution in [2.24, 2.45) is 10.9 Å². The summed E-state index contributed by atoms with van der Waals surface area (Å²) in [6.45, 7) is 14.3. The van der Waals surface area contributed by atoms with E-state index in [9.17, 15) is 0 Å². The standard InChI is InChI=1S/C34H38N6/c1-6-22(4)37-33(21(2)3)23(5)40-15-7-8-32(40)34-38-29-14-13-27(18-30(29)39-34)25-9-10-26-17-28(12-11-24(26)16-25)31-19-35-20-36-31/h9-14,16-21,32-33H,5-8,15H2,1-4H3,(H,35,36)(H,38,39)/t32-,33-/m0/s1. The van der Waals surface area contributed by atoms with Gasteiger partial charge in [0.2, 0.25) is 0 Å². The number of imidazole rings is 2. The Hall–Kier alpha value is -4.19. The van der Waals surface area contributed by atoms with Crippen LogP contribution < -0.4 is 0 Å². The molecule has 40 heavy (non-hydrogen) atoms. The van der Waals surface area contributed by atoms with E-state index >= 15 is 0 Å². The number of aromatic nitrogens is 4. The summed E-state index contributed by atoms with van der Waals surface area (Å²) in [5, 5.41) is 2.42. The summed E-state index contributed by atoms with van der Waals surface area (Å²) < 4.78 is 0. The van der Waals surface area contributed by atoms with Crippen LogP contribution in [-0.2, 0) is 0 Å². The molecule has 6 nitrogen and oxygen atoms in total. The molecule has 0 unspecified atom stereocenters. The lowest BCUT2D eigenvalue weighted by molar-refractivity contribution is 0.283. The van der Waals surface area contributed by atoms with E-state index in [2.05, 4.69) is 109 Å². The fraction of sp³-hybridized carbons (Fsp3) is 0.324. The van der Waals surface area contributed by atoms with Crippen LogP contribution >= 0.6 is 0 Å². The number of hydrogen-bond donors (Lipinski definition) is 2. The van der Waals surface area contributed by atoms with Crippen LogP contribution in [0.1, 0.15) is 58.8 Å². The van der Waals surface area contributed by atoms with Gasteiger partial charge in [-0.05, 0) is 78.3 Å². The third kappa shape index (κ3) is 4.94. The highest BCUT2D eigenvalue weighted by atomic mass is 15.2. The van der Waals surface area contributed by atoms with Crippen molar-refractivity contribution < 1.29 is 0 Å². The minimum atomic E-state index is 0.0972. The Morgan fingerprint density at radius 2 is 1.77 bits per heavy atom. The number of aliphatic imine (C=N–C) groups is 1. The van der Waals surface area contributed by atoms with Crippen molar-refractivity contribution in [2.45, 2.75) is 59.0 Å². The summed E-state index contributed by atoms with van der Waals surface area (Å²) in [6, 6.07) is 20.0. The highest BCUT2D eigenvalue weighted by Gasteiger charge is 2.33. The molecule has 1 saturated heterocycles. The number of rotatable bonds is 8. The molecule has 1 aliphatic heterocycles. The second-order valence-electron chi connectivity index (χ2n) is 11.3. The summed E-state index contributed by atoms with van der Waals surface area (Å²) in [6.07, 6.45) is 6.74. The van der Waals surface area contributed by atoms with Crippen molar-refractivity contribution in [3.05, 3.63) is 85.2 Å². The van der Waals surface area contributed by atoms with Gasteiger partial charge in [0.15, 0.2) is 0 Å². The number of fused-ring (bicyclic) bond motifs is 2. The van der Waals surface area contributed by atoms with Gasteiger partial charge < -0.3 is 14.9 Å². The first-order valence-corrected chi connectivity index (χ1v) is 14.4. The number of aromatic amines is 2. The van der Waals surface area contributed by atoms with E-state index < -0.39 is 0 Å². The molecule has 3 heterocycles. The molecular weight excluding hydrogens is 492 g/mol. The highest BCUT2D eigenvalue weighted by molar-refractivity contribution is 5.91. The van der Waals surface area contributed by atoms with Crippen LogP contribution in [-0.4, -0.2) is 43.1 Å². The molecule has 0 saturated carbocycles. The number of benzene rings is 3. The monoisotopic (exact) mass is 530 g/mol. The summed E-state index contributed by atoms with van der Waals surface area (Å²) >= 11 is 0. The second-order valence-corrected chi connectivity index (χ2v) is 11.3. The summed E-state index contributed by atoms with van der Waals surface area (Å²) in [5.74, 6) is 1.42. The molecule has 1 fully saturated rings. The van der Waals surface area contributed by atoms with E-state index in [1.807, 2.05) is 6.20 Å². The topological polar surface area (TPSA) is 73.0 Å². The van der Waals surface area contributed by atoms with Crippen LogP contribution in [0, 0.1) is 5.92 Å². The van der Waals surface area contributed by atoms with Gasteiger partial charge in [-0.2, -0.15) is 0 Å². The van der Waals surface area contributed by atoms with Gasteiger partial charge >= 0.3 is 0 Å². The maximum Gasteiger partial charge on any atom is 0.130 e. The van der Waals surface area contributed by atoms with Crippen molar-refractivity contribution in [1.29, 1.82) is 0 Å². The molecule has 1 aliphatic rings. The minimum Gasteiger partial charge on any atom is -0.363 e. The summed E-state index contributed by atoms with van der Waals surface area (Å²) in [7, 11) is 0. The molecule has 5 aromatic rings. The van der Waals surface area contributed by atoms with E-state index in [4.69, 9.17) is 9.98 Å². The first kappa shape index (κ1) is 26.1. The third-order valence-corrected chi connectivity index (χ3v) is 8.26. The van der Waals surface area contributed by atoms with E-state index in [0.717, 1.165) is 59.6 Å². The van der Waals surface area contributed by atoms with Crippen LogP contribution in [0.4, 0.5) is 0 Å². The third-order valence-electron chi connectivity index (χ3n) is 8.26. The maximum absolute atomic E-state index is 5.05. The van der Waals surface area contributed by atoms with Gasteiger partial charge in [-0.1, -0.05) is 57.7 Å². The summed E-state index contributed by atoms with van der Waals surface area (Å²) in [5.41, 5.74) is 8.90. The van der Waals surface area contributed by atoms with Crippen LogP contribution in [0.2, 0.25) is 0 Å². The van der Waals surface area contributed by atoms with Gasteiger partial charge in [-0.3, -0.25) is 4.99 Å². The zero-order valence-electron chi connectivity index (χ0n) is 23.9. The average molecular weight is 531 g/mol. The molecule has 2 atom stereocenters. The number of nitrogens with zero attached hydrogens (tertiary/aromatic N) is 4. The predicted molar refractivity (Wildman–Crippen MR) is 166 cm³/mol. The molecule has 0 amide bonds. The first-order chi connectivity index (χ1) is 19.4. The van der Waals surface area contributed by atoms with Crippen molar-refractivity contribution in [2.75, 3.05) is 6.54 Å². The van der Waals surface area contributed by atoms with E-state index in [1.165, 1.54) is 27.6 Å². The second kappa shape index (κ2) is 10.8. The SMILES string of the molecule is C=C([C@@H](N=C(C)CC)C(C)C)N1CCC[C@H]1c1nc2ccc(-c3ccc4cc(-c5cnc[nH]5)ccc4c3)cc2[nH]1. The van der Waals surface area contributed by atoms with Gasteiger partial charge in [-0.15, -0.1) is 0 Å². The number of H-pyrrole nitrogens is 2. The average Bonchev–Trinajstić information content (AvgIpc) is 3.75. The zero-order chi connectivity index (χ0) is 27.8. The molecule has 0 spiro atoms. The van der Waals surface area contributed by atoms with E-state index in [0.29, 0.717) is 5.92 Å². The largest absolute Gasteiger partial charge is 0.363 e. The minimum absolute atomic E-state index is 0.0972. The fourth-order valence-electron chi connectivity index (χ4n) is 5.88. The van der Waals surface area contributed by atoms with Crippen LogP contribution in [0.15, 0.2) is 84.4 Å². The Morgan fingerprint density at radius 3 is 2.50 bits per heavy atom. The molecule has 6 rings (SSSR count). The summed E-state index contributed by atoms with van der Waals surface area (Å²) in [4.78, 5) is 23.5. The number of hydrogen-bond acceptors (Lipinski definition) is 4. The van der Waals surface area contributed by atoms with Gasteiger partial charge in [0.05, 0.1) is 41.3 Å². The molecular formula is C34H38N6. The Bertz CT molecular complexity index is 1690. The Labute approximate surface area is 236 Å². The van der Waals surface area contributed by atoms with Gasteiger partial charge in [0, 0.05) is 23.5 Å². The highest BCUT2D eigenvalue weighted by Crippen LogP contribution is 2.37. The van der Waals surface area contributed by atoms with E-state index in [-0.39, 0.29) is 12.1 Å².